The van der Waals surface area contributed by atoms with Crippen molar-refractivity contribution in [3.05, 3.63) is 73.6 Å². The molecule has 0 spiro atoms. The molecule has 0 atom stereocenters. The second-order valence-corrected chi connectivity index (χ2v) is 5.44. The van der Waals surface area contributed by atoms with Crippen molar-refractivity contribution >= 4 is 5.97 Å². The minimum absolute atomic E-state index is 0.0220. The molecule has 8 heteroatoms. The predicted octanol–water partition coefficient (Wildman–Crippen LogP) is 1.75. The van der Waals surface area contributed by atoms with E-state index in [2.05, 4.69) is 16.8 Å². The first kappa shape index (κ1) is 19.0. The van der Waals surface area contributed by atoms with E-state index in [0.29, 0.717) is 22.4 Å². The Kier molecular flexibility index (Phi) is 5.98. The molecule has 136 valence electrons. The van der Waals surface area contributed by atoms with Gasteiger partial charge >= 0.3 is 11.7 Å². The van der Waals surface area contributed by atoms with E-state index in [1.165, 1.54) is 13.2 Å². The number of aryl methyl sites for hydroxylation is 2. The molecule has 0 heterocycles. The maximum atomic E-state index is 11.7. The number of ether oxygens (including phenoxy) is 2. The summed E-state index contributed by atoms with van der Waals surface area (Å²) in [6.45, 7) is 3.39. The lowest BCUT2D eigenvalue weighted by molar-refractivity contribution is -0.423. The number of hydrogen-bond donors (Lipinski definition) is 2. The van der Waals surface area contributed by atoms with Crippen molar-refractivity contribution in [2.24, 2.45) is 0 Å². The Morgan fingerprint density at radius 1 is 1.35 bits per heavy atom. The molecule has 0 saturated carbocycles. The predicted molar refractivity (Wildman–Crippen MR) is 92.1 cm³/mol. The average Bonchev–Trinajstić information content (AvgIpc) is 2.61. The Bertz CT molecular complexity index is 864. The van der Waals surface area contributed by atoms with Gasteiger partial charge in [-0.3, -0.25) is 10.1 Å². The summed E-state index contributed by atoms with van der Waals surface area (Å²) in [6, 6.07) is 3.17. The molecule has 1 aromatic carbocycles. The van der Waals surface area contributed by atoms with Crippen LogP contribution in [0.3, 0.4) is 0 Å². The molecular weight excluding hydrogens is 340 g/mol. The van der Waals surface area contributed by atoms with E-state index >= 15 is 0 Å². The van der Waals surface area contributed by atoms with E-state index in [4.69, 9.17) is 14.6 Å². The maximum absolute atomic E-state index is 11.7. The van der Waals surface area contributed by atoms with Gasteiger partial charge in [-0.2, -0.15) is 0 Å². The van der Waals surface area contributed by atoms with Gasteiger partial charge in [-0.1, -0.05) is 5.73 Å². The molecule has 0 amide bonds. The third-order valence-corrected chi connectivity index (χ3v) is 3.56. The van der Waals surface area contributed by atoms with Crippen LogP contribution < -0.4 is 10.1 Å². The molecule has 0 saturated heterocycles. The monoisotopic (exact) mass is 358 g/mol. The highest BCUT2D eigenvalue weighted by molar-refractivity contribution is 5.90. The summed E-state index contributed by atoms with van der Waals surface area (Å²) >= 11 is 0. The maximum Gasteiger partial charge on any atom is 0.343 e. The van der Waals surface area contributed by atoms with Gasteiger partial charge in [0.2, 0.25) is 5.76 Å². The molecule has 1 aliphatic carbocycles. The molecule has 8 nitrogen and oxygen atoms in total. The highest BCUT2D eigenvalue weighted by atomic mass is 16.6. The molecule has 0 aromatic heterocycles. The van der Waals surface area contributed by atoms with Crippen molar-refractivity contribution in [1.29, 1.82) is 0 Å². The standard InChI is InChI=1S/C18H18N2O6/c1-11-9-13(18(22)25-3)10-12(2)17(11)26-15-6-4-5-14(19-7-8-21)16(15)20(23)24/h6,9-10,19,21H,7-8H2,1-3H3. The molecule has 26 heavy (non-hydrogen) atoms. The number of carbonyl (C=O) groups is 1. The second kappa shape index (κ2) is 8.18. The highest BCUT2D eigenvalue weighted by Gasteiger charge is 2.27. The van der Waals surface area contributed by atoms with E-state index in [1.54, 1.807) is 26.0 Å². The summed E-state index contributed by atoms with van der Waals surface area (Å²) in [7, 11) is 1.29. The Hall–Kier alpha value is -3.31. The number of aliphatic hydroxyl groups is 1. The third-order valence-electron chi connectivity index (χ3n) is 3.56. The van der Waals surface area contributed by atoms with Crippen LogP contribution in [0.15, 0.2) is 46.8 Å². The van der Waals surface area contributed by atoms with Crippen molar-refractivity contribution in [2.45, 2.75) is 13.8 Å². The molecule has 0 radical (unpaired) electrons. The van der Waals surface area contributed by atoms with Crippen molar-refractivity contribution in [1.82, 2.24) is 5.32 Å². The van der Waals surface area contributed by atoms with Crippen LogP contribution in [0.1, 0.15) is 21.5 Å². The van der Waals surface area contributed by atoms with Crippen molar-refractivity contribution in [3.8, 4) is 5.75 Å². The molecule has 1 aliphatic rings. The van der Waals surface area contributed by atoms with Gasteiger partial charge in [0.25, 0.3) is 0 Å². The number of esters is 1. The Balaban J connectivity index is 2.43. The molecular formula is C18H18N2O6. The smallest absolute Gasteiger partial charge is 0.343 e. The zero-order valence-electron chi connectivity index (χ0n) is 14.6. The van der Waals surface area contributed by atoms with Crippen molar-refractivity contribution in [3.63, 3.8) is 0 Å². The minimum Gasteiger partial charge on any atom is -0.465 e. The summed E-state index contributed by atoms with van der Waals surface area (Å²) in [5.41, 5.74) is 6.64. The molecule has 0 aliphatic heterocycles. The van der Waals surface area contributed by atoms with Gasteiger partial charge in [-0.15, -0.1) is 0 Å². The van der Waals surface area contributed by atoms with Crippen LogP contribution in [-0.4, -0.2) is 36.3 Å². The number of hydrogen-bond acceptors (Lipinski definition) is 7. The first-order valence-corrected chi connectivity index (χ1v) is 7.72. The average molecular weight is 358 g/mol. The van der Waals surface area contributed by atoms with Gasteiger partial charge in [0, 0.05) is 12.6 Å². The molecule has 2 rings (SSSR count). The first-order valence-electron chi connectivity index (χ1n) is 7.72. The van der Waals surface area contributed by atoms with Gasteiger partial charge in [0.1, 0.15) is 5.75 Å². The molecule has 2 N–H and O–H groups in total. The number of allylic oxidation sites excluding steroid dienone is 1. The summed E-state index contributed by atoms with van der Waals surface area (Å²) in [4.78, 5) is 22.6. The van der Waals surface area contributed by atoms with Crippen LogP contribution in [0.4, 0.5) is 0 Å². The van der Waals surface area contributed by atoms with Crippen LogP contribution >= 0.6 is 0 Å². The fourth-order valence-corrected chi connectivity index (χ4v) is 2.45. The Morgan fingerprint density at radius 2 is 2.00 bits per heavy atom. The van der Waals surface area contributed by atoms with Gasteiger partial charge in [-0.25, -0.2) is 4.79 Å². The summed E-state index contributed by atoms with van der Waals surface area (Å²) in [5, 5.41) is 23.1. The van der Waals surface area contributed by atoms with Crippen molar-refractivity contribution in [2.75, 3.05) is 20.3 Å². The number of nitrogens with zero attached hydrogens (tertiary/aromatic N) is 1. The van der Waals surface area contributed by atoms with Crippen LogP contribution in [0, 0.1) is 24.0 Å². The lowest BCUT2D eigenvalue weighted by atomic mass is 10.1. The fraction of sp³-hybridized carbons (Fsp3) is 0.278. The zero-order valence-corrected chi connectivity index (χ0v) is 14.6. The Morgan fingerprint density at radius 3 is 2.54 bits per heavy atom. The molecule has 0 bridgehead atoms. The molecule has 0 unspecified atom stereocenters. The normalized spacial score (nSPS) is 12.7. The lowest BCUT2D eigenvalue weighted by Crippen LogP contribution is -2.23. The fourth-order valence-electron chi connectivity index (χ4n) is 2.45. The number of nitrogens with one attached hydrogen (secondary N) is 1. The number of methoxy groups -OCH3 is 1. The SMILES string of the molecule is COC(=O)c1cc(C)c(OC2=C([N+](=O)[O-])C(NCCO)=C=C=C2)c(C)c1. The van der Waals surface area contributed by atoms with Crippen LogP contribution in [0.5, 0.6) is 5.75 Å². The number of nitro groups is 1. The molecule has 0 fully saturated rings. The summed E-state index contributed by atoms with van der Waals surface area (Å²) in [6.07, 6.45) is 1.31. The summed E-state index contributed by atoms with van der Waals surface area (Å²) in [5.74, 6) is -0.105. The minimum atomic E-state index is -0.590. The van der Waals surface area contributed by atoms with E-state index in [9.17, 15) is 14.9 Å². The molecule has 1 aromatic rings. The van der Waals surface area contributed by atoms with Gasteiger partial charge in [0.15, 0.2) is 5.70 Å². The van der Waals surface area contributed by atoms with E-state index in [1.807, 2.05) is 0 Å². The van der Waals surface area contributed by atoms with Crippen LogP contribution in [0.2, 0.25) is 0 Å². The van der Waals surface area contributed by atoms with E-state index in [0.717, 1.165) is 0 Å². The van der Waals surface area contributed by atoms with Gasteiger partial charge in [0.05, 0.1) is 24.2 Å². The van der Waals surface area contributed by atoms with Gasteiger partial charge in [-0.05, 0) is 42.8 Å². The van der Waals surface area contributed by atoms with Crippen LogP contribution in [-0.2, 0) is 4.74 Å². The van der Waals surface area contributed by atoms with E-state index < -0.39 is 10.9 Å². The summed E-state index contributed by atoms with van der Waals surface area (Å²) < 4.78 is 10.5. The number of carbonyl (C=O) groups excluding carboxylic acids is 1. The van der Waals surface area contributed by atoms with Crippen LogP contribution in [0.25, 0.3) is 0 Å². The number of benzene rings is 1. The lowest BCUT2D eigenvalue weighted by Gasteiger charge is -2.15. The number of aliphatic hydroxyl groups excluding tert-OH is 1. The largest absolute Gasteiger partial charge is 0.465 e. The van der Waals surface area contributed by atoms with Gasteiger partial charge < -0.3 is 19.9 Å². The van der Waals surface area contributed by atoms with E-state index in [-0.39, 0.29) is 30.3 Å². The first-order chi connectivity index (χ1) is 12.4. The quantitative estimate of drug-likeness (QED) is 0.330. The number of rotatable bonds is 7. The Labute approximate surface area is 149 Å². The second-order valence-electron chi connectivity index (χ2n) is 5.44. The third kappa shape index (κ3) is 4.02. The highest BCUT2D eigenvalue weighted by Crippen LogP contribution is 2.29. The topological polar surface area (TPSA) is 111 Å². The zero-order chi connectivity index (χ0) is 19.3. The van der Waals surface area contributed by atoms with Crippen molar-refractivity contribution < 1.29 is 24.3 Å².